The highest BCUT2D eigenvalue weighted by Crippen LogP contribution is 2.38. The number of rotatable bonds is 7. The molecule has 0 bridgehead atoms. The van der Waals surface area contributed by atoms with E-state index in [0.717, 1.165) is 28.3 Å². The summed E-state index contributed by atoms with van der Waals surface area (Å²) >= 11 is 0. The Morgan fingerprint density at radius 1 is 1.12 bits per heavy atom. The molecule has 170 valence electrons. The predicted molar refractivity (Wildman–Crippen MR) is 122 cm³/mol. The number of ether oxygens (including phenoxy) is 2. The van der Waals surface area contributed by atoms with Crippen LogP contribution in [0.1, 0.15) is 36.1 Å². The van der Waals surface area contributed by atoms with E-state index in [-0.39, 0.29) is 5.92 Å². The van der Waals surface area contributed by atoms with Crippen LogP contribution >= 0.6 is 0 Å². The Balaban J connectivity index is 1.66. The lowest BCUT2D eigenvalue weighted by Crippen LogP contribution is -2.29. The van der Waals surface area contributed by atoms with Gasteiger partial charge in [-0.25, -0.2) is 8.42 Å². The number of hydrogen-bond acceptors (Lipinski definition) is 6. The molecular formula is C24H28N2O5S. The second-order valence-electron chi connectivity index (χ2n) is 7.97. The molecule has 0 saturated carbocycles. The lowest BCUT2D eigenvalue weighted by molar-refractivity contribution is 0.394. The Kier molecular flexibility index (Phi) is 6.26. The Bertz CT molecular complexity index is 1220. The van der Waals surface area contributed by atoms with E-state index < -0.39 is 10.0 Å². The Morgan fingerprint density at radius 2 is 1.94 bits per heavy atom. The van der Waals surface area contributed by atoms with E-state index in [1.165, 1.54) is 0 Å². The first kappa shape index (κ1) is 22.4. The topological polar surface area (TPSA) is 81.9 Å². The summed E-state index contributed by atoms with van der Waals surface area (Å²) in [6.07, 6.45) is 1.33. The molecule has 0 radical (unpaired) electrons. The number of aromatic nitrogens is 1. The summed E-state index contributed by atoms with van der Waals surface area (Å²) in [5, 5.41) is 3.92. The van der Waals surface area contributed by atoms with Gasteiger partial charge in [-0.2, -0.15) is 4.31 Å². The fourth-order valence-electron chi connectivity index (χ4n) is 4.24. The van der Waals surface area contributed by atoms with Crippen LogP contribution in [0, 0.1) is 6.92 Å². The van der Waals surface area contributed by atoms with Gasteiger partial charge in [-0.3, -0.25) is 0 Å². The number of methoxy groups -OCH3 is 2. The van der Waals surface area contributed by atoms with Gasteiger partial charge in [0.25, 0.3) is 0 Å². The maximum atomic E-state index is 13.7. The van der Waals surface area contributed by atoms with Crippen LogP contribution in [0.5, 0.6) is 11.5 Å². The largest absolute Gasteiger partial charge is 0.497 e. The summed E-state index contributed by atoms with van der Waals surface area (Å²) in [5.74, 6) is 2.06. The molecule has 2 heterocycles. The standard InChI is InChI=1S/C24H28N2O5S/c1-5-17-6-7-18(23-12-16(2)25-31-23)13-24(17)32(27,28)26-11-10-19(15-26)21-14-20(29-3)8-9-22(21)30-4/h6-9,12-14,19H,5,10-11,15H2,1-4H3. The van der Waals surface area contributed by atoms with Gasteiger partial charge >= 0.3 is 0 Å². The molecule has 0 aliphatic carbocycles. The summed E-state index contributed by atoms with van der Waals surface area (Å²) < 4.78 is 45.2. The molecule has 7 nitrogen and oxygen atoms in total. The Hall–Kier alpha value is -2.84. The maximum absolute atomic E-state index is 13.7. The molecule has 3 aromatic rings. The van der Waals surface area contributed by atoms with Crippen molar-refractivity contribution in [2.45, 2.75) is 37.5 Å². The van der Waals surface area contributed by atoms with Gasteiger partial charge < -0.3 is 14.0 Å². The maximum Gasteiger partial charge on any atom is 0.243 e. The van der Waals surface area contributed by atoms with E-state index in [1.54, 1.807) is 30.7 Å². The molecule has 1 aromatic heterocycles. The molecule has 0 amide bonds. The van der Waals surface area contributed by atoms with Crippen LogP contribution in [0.15, 0.2) is 51.9 Å². The van der Waals surface area contributed by atoms with Crippen LogP contribution in [0.25, 0.3) is 11.3 Å². The molecule has 1 aliphatic rings. The molecule has 0 N–H and O–H groups in total. The van der Waals surface area contributed by atoms with Crippen molar-refractivity contribution in [2.75, 3.05) is 27.3 Å². The first-order chi connectivity index (χ1) is 15.4. The number of hydrogen-bond donors (Lipinski definition) is 0. The number of sulfonamides is 1. The Labute approximate surface area is 189 Å². The molecule has 8 heteroatoms. The average molecular weight is 457 g/mol. The van der Waals surface area contributed by atoms with Crippen LogP contribution in [-0.2, 0) is 16.4 Å². The zero-order valence-electron chi connectivity index (χ0n) is 18.8. The molecule has 0 spiro atoms. The van der Waals surface area contributed by atoms with Crippen molar-refractivity contribution in [3.63, 3.8) is 0 Å². The molecule has 1 atom stereocenters. The first-order valence-electron chi connectivity index (χ1n) is 10.7. The number of benzene rings is 2. The summed E-state index contributed by atoms with van der Waals surface area (Å²) in [5.41, 5.74) is 3.20. The van der Waals surface area contributed by atoms with E-state index in [1.807, 2.05) is 44.2 Å². The smallest absolute Gasteiger partial charge is 0.243 e. The van der Waals surface area contributed by atoms with Gasteiger partial charge in [0.1, 0.15) is 11.5 Å². The summed E-state index contributed by atoms with van der Waals surface area (Å²) in [4.78, 5) is 0.324. The molecule has 4 rings (SSSR count). The third kappa shape index (κ3) is 4.12. The molecule has 1 unspecified atom stereocenters. The van der Waals surface area contributed by atoms with Crippen LogP contribution in [0.4, 0.5) is 0 Å². The molecule has 32 heavy (non-hydrogen) atoms. The van der Waals surface area contributed by atoms with Gasteiger partial charge in [-0.1, -0.05) is 24.2 Å². The minimum Gasteiger partial charge on any atom is -0.497 e. The summed E-state index contributed by atoms with van der Waals surface area (Å²) in [6, 6.07) is 12.9. The van der Waals surface area contributed by atoms with Gasteiger partial charge in [-0.05, 0) is 49.6 Å². The van der Waals surface area contributed by atoms with E-state index in [9.17, 15) is 8.42 Å². The highest BCUT2D eigenvalue weighted by atomic mass is 32.2. The van der Waals surface area contributed by atoms with Crippen molar-refractivity contribution < 1.29 is 22.4 Å². The second-order valence-corrected chi connectivity index (χ2v) is 9.87. The zero-order valence-corrected chi connectivity index (χ0v) is 19.6. The van der Waals surface area contributed by atoms with Gasteiger partial charge in [0.15, 0.2) is 5.76 Å². The SMILES string of the molecule is CCc1ccc(-c2cc(C)no2)cc1S(=O)(=O)N1CCC(c2cc(OC)ccc2OC)C1. The highest BCUT2D eigenvalue weighted by molar-refractivity contribution is 7.89. The highest BCUT2D eigenvalue weighted by Gasteiger charge is 2.35. The lowest BCUT2D eigenvalue weighted by Gasteiger charge is -2.20. The van der Waals surface area contributed by atoms with Crippen molar-refractivity contribution in [1.82, 2.24) is 9.46 Å². The van der Waals surface area contributed by atoms with Gasteiger partial charge in [0.2, 0.25) is 10.0 Å². The van der Waals surface area contributed by atoms with Crippen LogP contribution in [0.2, 0.25) is 0 Å². The van der Waals surface area contributed by atoms with Crippen molar-refractivity contribution in [1.29, 1.82) is 0 Å². The Morgan fingerprint density at radius 3 is 2.59 bits per heavy atom. The van der Waals surface area contributed by atoms with Crippen LogP contribution in [-0.4, -0.2) is 45.2 Å². The van der Waals surface area contributed by atoms with Crippen molar-refractivity contribution in [3.8, 4) is 22.8 Å². The van der Waals surface area contributed by atoms with E-state index in [2.05, 4.69) is 5.16 Å². The van der Waals surface area contributed by atoms with Gasteiger partial charge in [0.05, 0.1) is 24.8 Å². The minimum atomic E-state index is -3.68. The predicted octanol–water partition coefficient (Wildman–Crippen LogP) is 4.41. The van der Waals surface area contributed by atoms with E-state index in [4.69, 9.17) is 14.0 Å². The van der Waals surface area contributed by atoms with Gasteiger partial charge in [-0.15, -0.1) is 0 Å². The number of aryl methyl sites for hydroxylation is 2. The third-order valence-corrected chi connectivity index (χ3v) is 7.95. The minimum absolute atomic E-state index is 0.0278. The summed E-state index contributed by atoms with van der Waals surface area (Å²) in [6.45, 7) is 4.63. The van der Waals surface area contributed by atoms with Crippen LogP contribution in [0.3, 0.4) is 0 Å². The normalized spacial score (nSPS) is 16.9. The van der Waals surface area contributed by atoms with Crippen molar-refractivity contribution >= 4 is 10.0 Å². The lowest BCUT2D eigenvalue weighted by atomic mass is 9.97. The van der Waals surface area contributed by atoms with Crippen molar-refractivity contribution in [3.05, 3.63) is 59.3 Å². The number of nitrogens with zero attached hydrogens (tertiary/aromatic N) is 2. The van der Waals surface area contributed by atoms with Crippen molar-refractivity contribution in [2.24, 2.45) is 0 Å². The van der Waals surface area contributed by atoms with Crippen LogP contribution < -0.4 is 9.47 Å². The zero-order chi connectivity index (χ0) is 22.9. The fraction of sp³-hybridized carbons (Fsp3) is 0.375. The van der Waals surface area contributed by atoms with E-state index in [0.29, 0.717) is 42.2 Å². The molecule has 2 aromatic carbocycles. The monoisotopic (exact) mass is 456 g/mol. The fourth-order valence-corrected chi connectivity index (χ4v) is 6.06. The first-order valence-corrected chi connectivity index (χ1v) is 12.1. The molecular weight excluding hydrogens is 428 g/mol. The molecule has 1 fully saturated rings. The van der Waals surface area contributed by atoms with E-state index >= 15 is 0 Å². The second kappa shape index (κ2) is 8.96. The third-order valence-electron chi connectivity index (χ3n) is 6.01. The quantitative estimate of drug-likeness (QED) is 0.524. The molecule has 1 aliphatic heterocycles. The summed E-state index contributed by atoms with van der Waals surface area (Å²) in [7, 11) is -0.441. The average Bonchev–Trinajstić information content (AvgIpc) is 3.48. The molecule has 1 saturated heterocycles. The van der Waals surface area contributed by atoms with Gasteiger partial charge in [0, 0.05) is 36.2 Å².